The SMILES string of the molecule is CCOc1ccccc1Cn1nc(COC(C)(C)C(C)=O)cc1-c1cc(OC)cc(OC)c1. The van der Waals surface area contributed by atoms with Crippen molar-refractivity contribution in [2.45, 2.75) is 46.4 Å². The van der Waals surface area contributed by atoms with E-state index in [1.54, 1.807) is 28.1 Å². The van der Waals surface area contributed by atoms with Crippen LogP contribution in [0, 0.1) is 0 Å². The Bertz CT molecular complexity index is 1080. The van der Waals surface area contributed by atoms with Crippen molar-refractivity contribution >= 4 is 5.78 Å². The van der Waals surface area contributed by atoms with E-state index in [0.29, 0.717) is 24.7 Å². The zero-order chi connectivity index (χ0) is 24.0. The van der Waals surface area contributed by atoms with Crippen LogP contribution in [-0.2, 0) is 22.7 Å². The highest BCUT2D eigenvalue weighted by Gasteiger charge is 2.25. The van der Waals surface area contributed by atoms with Crippen molar-refractivity contribution in [3.8, 4) is 28.5 Å². The van der Waals surface area contributed by atoms with Crippen molar-refractivity contribution in [1.82, 2.24) is 9.78 Å². The number of rotatable bonds is 11. The van der Waals surface area contributed by atoms with E-state index >= 15 is 0 Å². The Hall–Kier alpha value is -3.32. The van der Waals surface area contributed by atoms with Crippen LogP contribution < -0.4 is 14.2 Å². The number of hydrogen-bond donors (Lipinski definition) is 0. The molecule has 176 valence electrons. The normalized spacial score (nSPS) is 11.3. The lowest BCUT2D eigenvalue weighted by Gasteiger charge is -2.21. The number of hydrogen-bond acceptors (Lipinski definition) is 6. The number of aromatic nitrogens is 2. The summed E-state index contributed by atoms with van der Waals surface area (Å²) in [6.45, 7) is 8.30. The molecule has 1 aromatic heterocycles. The van der Waals surface area contributed by atoms with Gasteiger partial charge < -0.3 is 18.9 Å². The molecule has 0 amide bonds. The van der Waals surface area contributed by atoms with Gasteiger partial charge in [-0.3, -0.25) is 9.48 Å². The van der Waals surface area contributed by atoms with Crippen molar-refractivity contribution in [1.29, 1.82) is 0 Å². The number of nitrogens with zero attached hydrogens (tertiary/aromatic N) is 2. The van der Waals surface area contributed by atoms with Gasteiger partial charge in [0.05, 0.1) is 45.4 Å². The molecule has 0 unspecified atom stereocenters. The van der Waals surface area contributed by atoms with Crippen molar-refractivity contribution in [3.05, 3.63) is 59.8 Å². The third-order valence-electron chi connectivity index (χ3n) is 5.50. The first kappa shape index (κ1) is 24.3. The minimum atomic E-state index is -0.884. The zero-order valence-corrected chi connectivity index (χ0v) is 20.2. The summed E-state index contributed by atoms with van der Waals surface area (Å²) in [5.41, 5.74) is 2.61. The third-order valence-corrected chi connectivity index (χ3v) is 5.50. The fourth-order valence-corrected chi connectivity index (χ4v) is 3.30. The molecule has 2 aromatic carbocycles. The summed E-state index contributed by atoms with van der Waals surface area (Å²) in [4.78, 5) is 11.9. The highest BCUT2D eigenvalue weighted by molar-refractivity contribution is 5.83. The van der Waals surface area contributed by atoms with Crippen molar-refractivity contribution in [2.24, 2.45) is 0 Å². The van der Waals surface area contributed by atoms with Crippen LogP contribution in [0.25, 0.3) is 11.3 Å². The van der Waals surface area contributed by atoms with Crippen LogP contribution in [-0.4, -0.2) is 42.0 Å². The van der Waals surface area contributed by atoms with E-state index in [2.05, 4.69) is 0 Å². The Morgan fingerprint density at radius 3 is 2.30 bits per heavy atom. The van der Waals surface area contributed by atoms with E-state index in [9.17, 15) is 4.79 Å². The number of ketones is 1. The van der Waals surface area contributed by atoms with Crippen LogP contribution >= 0.6 is 0 Å². The average Bonchev–Trinajstić information content (AvgIpc) is 3.21. The molecule has 0 aliphatic rings. The summed E-state index contributed by atoms with van der Waals surface area (Å²) < 4.78 is 24.5. The van der Waals surface area contributed by atoms with E-state index in [0.717, 1.165) is 28.3 Å². The van der Waals surface area contributed by atoms with Gasteiger partial charge in [-0.05, 0) is 52.0 Å². The molecular formula is C26H32N2O5. The van der Waals surface area contributed by atoms with Gasteiger partial charge in [0.1, 0.15) is 22.8 Å². The predicted octanol–water partition coefficient (Wildman–Crippen LogP) is 4.90. The average molecular weight is 453 g/mol. The molecule has 0 radical (unpaired) electrons. The number of carbonyl (C=O) groups is 1. The molecule has 0 fully saturated rings. The van der Waals surface area contributed by atoms with Crippen LogP contribution in [0.2, 0.25) is 0 Å². The molecule has 0 spiro atoms. The number of benzene rings is 2. The van der Waals surface area contributed by atoms with Gasteiger partial charge in [0.15, 0.2) is 5.78 Å². The predicted molar refractivity (Wildman–Crippen MR) is 127 cm³/mol. The lowest BCUT2D eigenvalue weighted by Crippen LogP contribution is -2.32. The molecule has 0 atom stereocenters. The molecule has 0 N–H and O–H groups in total. The fourth-order valence-electron chi connectivity index (χ4n) is 3.30. The Labute approximate surface area is 195 Å². The Kier molecular flexibility index (Phi) is 7.76. The monoisotopic (exact) mass is 452 g/mol. The molecule has 33 heavy (non-hydrogen) atoms. The summed E-state index contributed by atoms with van der Waals surface area (Å²) in [5, 5.41) is 4.80. The lowest BCUT2D eigenvalue weighted by atomic mass is 10.1. The first-order valence-electron chi connectivity index (χ1n) is 10.9. The minimum Gasteiger partial charge on any atom is -0.497 e. The highest BCUT2D eigenvalue weighted by atomic mass is 16.5. The van der Waals surface area contributed by atoms with E-state index in [-0.39, 0.29) is 12.4 Å². The smallest absolute Gasteiger partial charge is 0.161 e. The van der Waals surface area contributed by atoms with Gasteiger partial charge in [0, 0.05) is 17.2 Å². The zero-order valence-electron chi connectivity index (χ0n) is 20.2. The molecule has 1 heterocycles. The topological polar surface area (TPSA) is 71.8 Å². The van der Waals surface area contributed by atoms with Gasteiger partial charge in [-0.25, -0.2) is 0 Å². The maximum atomic E-state index is 11.9. The number of carbonyl (C=O) groups excluding carboxylic acids is 1. The summed E-state index contributed by atoms with van der Waals surface area (Å²) in [6.07, 6.45) is 0. The molecule has 0 saturated heterocycles. The maximum Gasteiger partial charge on any atom is 0.161 e. The van der Waals surface area contributed by atoms with Gasteiger partial charge in [-0.2, -0.15) is 5.10 Å². The number of methoxy groups -OCH3 is 2. The third kappa shape index (κ3) is 5.93. The van der Waals surface area contributed by atoms with Crippen molar-refractivity contribution in [3.63, 3.8) is 0 Å². The molecular weight excluding hydrogens is 420 g/mol. The Morgan fingerprint density at radius 2 is 1.70 bits per heavy atom. The van der Waals surface area contributed by atoms with E-state index in [1.165, 1.54) is 6.92 Å². The van der Waals surface area contributed by atoms with Gasteiger partial charge >= 0.3 is 0 Å². The van der Waals surface area contributed by atoms with Crippen LogP contribution in [0.1, 0.15) is 39.0 Å². The van der Waals surface area contributed by atoms with Crippen LogP contribution in [0.15, 0.2) is 48.5 Å². The highest BCUT2D eigenvalue weighted by Crippen LogP contribution is 2.32. The summed E-state index contributed by atoms with van der Waals surface area (Å²) in [5.74, 6) is 2.15. The van der Waals surface area contributed by atoms with E-state index in [4.69, 9.17) is 24.0 Å². The van der Waals surface area contributed by atoms with Gasteiger partial charge in [-0.15, -0.1) is 0 Å². The molecule has 7 heteroatoms. The first-order chi connectivity index (χ1) is 15.8. The van der Waals surface area contributed by atoms with Crippen molar-refractivity contribution < 1.29 is 23.7 Å². The minimum absolute atomic E-state index is 0.0367. The first-order valence-corrected chi connectivity index (χ1v) is 10.9. The Balaban J connectivity index is 2.03. The second kappa shape index (κ2) is 10.5. The van der Waals surface area contributed by atoms with Crippen molar-refractivity contribution in [2.75, 3.05) is 20.8 Å². The molecule has 7 nitrogen and oxygen atoms in total. The van der Waals surface area contributed by atoms with Crippen LogP contribution in [0.3, 0.4) is 0 Å². The number of para-hydroxylation sites is 1. The fraction of sp³-hybridized carbons (Fsp3) is 0.385. The van der Waals surface area contributed by atoms with Crippen LogP contribution in [0.5, 0.6) is 17.2 Å². The summed E-state index contributed by atoms with van der Waals surface area (Å²) in [7, 11) is 3.24. The number of Topliss-reactive ketones (excluding diaryl/α,β-unsaturated/α-hetero) is 1. The van der Waals surface area contributed by atoms with Crippen LogP contribution in [0.4, 0.5) is 0 Å². The largest absolute Gasteiger partial charge is 0.497 e. The molecule has 0 aliphatic heterocycles. The summed E-state index contributed by atoms with van der Waals surface area (Å²) in [6, 6.07) is 15.6. The van der Waals surface area contributed by atoms with E-state index in [1.807, 2.05) is 60.1 Å². The molecule has 0 bridgehead atoms. The number of ether oxygens (including phenoxy) is 4. The lowest BCUT2D eigenvalue weighted by molar-refractivity contribution is -0.139. The van der Waals surface area contributed by atoms with Gasteiger partial charge in [0.2, 0.25) is 0 Å². The summed E-state index contributed by atoms with van der Waals surface area (Å²) >= 11 is 0. The standard InChI is InChI=1S/C26H32N2O5/c1-7-32-25-11-9-8-10-19(25)16-28-24(20-12-22(30-5)15-23(13-20)31-6)14-21(27-28)17-33-26(3,4)18(2)29/h8-15H,7,16-17H2,1-6H3. The second-order valence-electron chi connectivity index (χ2n) is 8.18. The Morgan fingerprint density at radius 1 is 1.03 bits per heavy atom. The molecule has 0 aliphatic carbocycles. The molecule has 0 saturated carbocycles. The van der Waals surface area contributed by atoms with Gasteiger partial charge in [0.25, 0.3) is 0 Å². The molecule has 3 aromatic rings. The van der Waals surface area contributed by atoms with Gasteiger partial charge in [-0.1, -0.05) is 18.2 Å². The maximum absolute atomic E-state index is 11.9. The quantitative estimate of drug-likeness (QED) is 0.412. The van der Waals surface area contributed by atoms with E-state index < -0.39 is 5.60 Å². The molecule has 3 rings (SSSR count). The second-order valence-corrected chi connectivity index (χ2v) is 8.18.